The molecule has 0 saturated carbocycles. The predicted molar refractivity (Wildman–Crippen MR) is 78.4 cm³/mol. The van der Waals surface area contributed by atoms with Crippen LogP contribution in [0, 0.1) is 0 Å². The van der Waals surface area contributed by atoms with Crippen molar-refractivity contribution in [3.05, 3.63) is 41.6 Å². The van der Waals surface area contributed by atoms with Crippen LogP contribution in [0.1, 0.15) is 34.8 Å². The number of carboxylic acids is 1. The summed E-state index contributed by atoms with van der Waals surface area (Å²) >= 11 is 0. The Kier molecular flexibility index (Phi) is 3.75. The topological polar surface area (TPSA) is 66.6 Å². The Morgan fingerprint density at radius 1 is 1.33 bits per heavy atom. The van der Waals surface area contributed by atoms with Gasteiger partial charge in [0.1, 0.15) is 0 Å². The van der Waals surface area contributed by atoms with Crippen molar-refractivity contribution in [1.29, 1.82) is 0 Å². The van der Waals surface area contributed by atoms with Crippen molar-refractivity contribution < 1.29 is 14.4 Å². The zero-order valence-electron chi connectivity index (χ0n) is 12.0. The molecule has 1 N–H and O–H groups in total. The highest BCUT2D eigenvalue weighted by atomic mass is 16.5. The Bertz CT molecular complexity index is 642. The van der Waals surface area contributed by atoms with E-state index in [1.54, 1.807) is 0 Å². The molecule has 5 heteroatoms. The number of carbonyl (C=O) groups is 1. The molecule has 0 atom stereocenters. The lowest BCUT2D eigenvalue weighted by Crippen LogP contribution is -2.29. The molecule has 1 saturated heterocycles. The highest BCUT2D eigenvalue weighted by Crippen LogP contribution is 2.30. The maximum Gasteiger partial charge on any atom is 0.358 e. The quantitative estimate of drug-likeness (QED) is 0.939. The highest BCUT2D eigenvalue weighted by molar-refractivity contribution is 5.86. The zero-order valence-corrected chi connectivity index (χ0v) is 12.0. The lowest BCUT2D eigenvalue weighted by Gasteiger charge is -2.29. The molecule has 0 bridgehead atoms. The molecule has 0 spiro atoms. The van der Waals surface area contributed by atoms with Crippen LogP contribution >= 0.6 is 0 Å². The van der Waals surface area contributed by atoms with E-state index in [4.69, 9.17) is 9.63 Å². The van der Waals surface area contributed by atoms with Gasteiger partial charge in [0.25, 0.3) is 0 Å². The van der Waals surface area contributed by atoms with Crippen LogP contribution in [0.5, 0.6) is 0 Å². The average Bonchev–Trinajstić information content (AvgIpc) is 2.98. The van der Waals surface area contributed by atoms with E-state index < -0.39 is 5.97 Å². The Morgan fingerprint density at radius 3 is 2.76 bits per heavy atom. The fourth-order valence-corrected chi connectivity index (χ4v) is 2.80. The van der Waals surface area contributed by atoms with E-state index >= 15 is 0 Å². The van der Waals surface area contributed by atoms with Crippen molar-refractivity contribution in [3.63, 3.8) is 0 Å². The van der Waals surface area contributed by atoms with Gasteiger partial charge in [-0.1, -0.05) is 23.4 Å². The lowest BCUT2D eigenvalue weighted by atomic mass is 9.88. The van der Waals surface area contributed by atoms with E-state index in [-0.39, 0.29) is 5.69 Å². The first kappa shape index (κ1) is 13.8. The minimum absolute atomic E-state index is 0.0605. The van der Waals surface area contributed by atoms with Gasteiger partial charge in [0, 0.05) is 11.6 Å². The molecular formula is C16H18N2O3. The molecule has 21 heavy (non-hydrogen) atoms. The number of hydrogen-bond donors (Lipinski definition) is 1. The summed E-state index contributed by atoms with van der Waals surface area (Å²) in [6.07, 6.45) is 2.30. The second-order valence-electron chi connectivity index (χ2n) is 5.58. The smallest absolute Gasteiger partial charge is 0.358 e. The van der Waals surface area contributed by atoms with Gasteiger partial charge in [-0.25, -0.2) is 4.79 Å². The molecule has 0 aliphatic carbocycles. The van der Waals surface area contributed by atoms with Gasteiger partial charge in [-0.15, -0.1) is 0 Å². The fourth-order valence-electron chi connectivity index (χ4n) is 2.80. The summed E-state index contributed by atoms with van der Waals surface area (Å²) in [7, 11) is 2.15. The monoisotopic (exact) mass is 286 g/mol. The zero-order chi connectivity index (χ0) is 14.8. The molecule has 0 amide bonds. The Hall–Kier alpha value is -2.14. The summed E-state index contributed by atoms with van der Waals surface area (Å²) in [5.74, 6) is -0.0123. The third-order valence-electron chi connectivity index (χ3n) is 4.09. The number of carboxylic acid groups (broad SMARTS) is 1. The van der Waals surface area contributed by atoms with Crippen molar-refractivity contribution in [2.45, 2.75) is 18.8 Å². The van der Waals surface area contributed by atoms with E-state index in [0.717, 1.165) is 31.5 Å². The van der Waals surface area contributed by atoms with E-state index in [2.05, 4.69) is 29.2 Å². The van der Waals surface area contributed by atoms with Gasteiger partial charge in [0.2, 0.25) is 0 Å². The van der Waals surface area contributed by atoms with E-state index in [1.807, 2.05) is 12.1 Å². The molecule has 0 unspecified atom stereocenters. The molecule has 1 aliphatic heterocycles. The normalized spacial score (nSPS) is 17.0. The van der Waals surface area contributed by atoms with Crippen molar-refractivity contribution in [2.24, 2.45) is 0 Å². The molecule has 5 nitrogen and oxygen atoms in total. The molecule has 1 fully saturated rings. The van der Waals surface area contributed by atoms with Gasteiger partial charge in [0.05, 0.1) is 0 Å². The number of benzene rings is 1. The van der Waals surface area contributed by atoms with Crippen LogP contribution in [0.15, 0.2) is 34.9 Å². The fraction of sp³-hybridized carbons (Fsp3) is 0.375. The van der Waals surface area contributed by atoms with Crippen LogP contribution < -0.4 is 0 Å². The Labute approximate surface area is 123 Å². The van der Waals surface area contributed by atoms with Crippen LogP contribution in [0.3, 0.4) is 0 Å². The largest absolute Gasteiger partial charge is 0.476 e. The predicted octanol–water partition coefficient (Wildman–Crippen LogP) is 2.85. The van der Waals surface area contributed by atoms with Crippen LogP contribution in [0.25, 0.3) is 11.3 Å². The van der Waals surface area contributed by atoms with Gasteiger partial charge < -0.3 is 14.5 Å². The third kappa shape index (κ3) is 2.97. The summed E-state index contributed by atoms with van der Waals surface area (Å²) in [5.41, 5.74) is 2.11. The minimum atomic E-state index is -1.07. The van der Waals surface area contributed by atoms with Crippen molar-refractivity contribution in [3.8, 4) is 11.3 Å². The second kappa shape index (κ2) is 5.69. The number of aromatic carboxylic acids is 1. The number of piperidine rings is 1. The van der Waals surface area contributed by atoms with Gasteiger partial charge in [-0.2, -0.15) is 0 Å². The van der Waals surface area contributed by atoms with E-state index in [9.17, 15) is 4.79 Å². The summed E-state index contributed by atoms with van der Waals surface area (Å²) in [4.78, 5) is 13.2. The number of nitrogens with zero attached hydrogens (tertiary/aromatic N) is 2. The molecule has 2 aromatic rings. The first-order valence-electron chi connectivity index (χ1n) is 7.12. The number of hydrogen-bond acceptors (Lipinski definition) is 4. The Morgan fingerprint density at radius 2 is 2.10 bits per heavy atom. The number of rotatable bonds is 3. The number of likely N-dealkylation sites (tertiary alicyclic amines) is 1. The molecule has 1 aliphatic rings. The van der Waals surface area contributed by atoms with Crippen LogP contribution in [-0.4, -0.2) is 41.3 Å². The first-order chi connectivity index (χ1) is 10.1. The molecule has 0 radical (unpaired) electrons. The molecule has 2 heterocycles. The van der Waals surface area contributed by atoms with Crippen LogP contribution in [0.4, 0.5) is 0 Å². The van der Waals surface area contributed by atoms with Gasteiger partial charge in [-0.05, 0) is 50.5 Å². The van der Waals surface area contributed by atoms with E-state index in [1.165, 1.54) is 11.6 Å². The van der Waals surface area contributed by atoms with Crippen molar-refractivity contribution >= 4 is 5.97 Å². The third-order valence-corrected chi connectivity index (χ3v) is 4.09. The second-order valence-corrected chi connectivity index (χ2v) is 5.58. The molecule has 1 aromatic heterocycles. The maximum atomic E-state index is 10.9. The standard InChI is InChI=1S/C16H18N2O3/c1-18-7-5-11(6-8-18)12-3-2-4-13(9-12)15-10-14(16(19)20)17-21-15/h2-4,9-11H,5-8H2,1H3,(H,19,20). The summed E-state index contributed by atoms with van der Waals surface area (Å²) < 4.78 is 5.13. The first-order valence-corrected chi connectivity index (χ1v) is 7.12. The molecule has 1 aromatic carbocycles. The van der Waals surface area contributed by atoms with Gasteiger partial charge >= 0.3 is 5.97 Å². The van der Waals surface area contributed by atoms with Crippen molar-refractivity contribution in [2.75, 3.05) is 20.1 Å². The SMILES string of the molecule is CN1CCC(c2cccc(-c3cc(C(=O)O)no3)c2)CC1. The minimum Gasteiger partial charge on any atom is -0.476 e. The maximum absolute atomic E-state index is 10.9. The summed E-state index contributed by atoms with van der Waals surface area (Å²) in [6, 6.07) is 9.60. The van der Waals surface area contributed by atoms with Crippen LogP contribution in [-0.2, 0) is 0 Å². The van der Waals surface area contributed by atoms with Gasteiger partial charge in [-0.3, -0.25) is 0 Å². The van der Waals surface area contributed by atoms with Crippen LogP contribution in [0.2, 0.25) is 0 Å². The summed E-state index contributed by atoms with van der Waals surface area (Å²) in [5, 5.41) is 12.5. The molecular weight excluding hydrogens is 268 g/mol. The van der Waals surface area contributed by atoms with Crippen molar-refractivity contribution in [1.82, 2.24) is 10.1 Å². The van der Waals surface area contributed by atoms with Gasteiger partial charge in [0.15, 0.2) is 11.5 Å². The number of aromatic nitrogens is 1. The average molecular weight is 286 g/mol. The summed E-state index contributed by atoms with van der Waals surface area (Å²) in [6.45, 7) is 2.22. The highest BCUT2D eigenvalue weighted by Gasteiger charge is 2.19. The van der Waals surface area contributed by atoms with E-state index in [0.29, 0.717) is 11.7 Å². The molecule has 110 valence electrons. The Balaban J connectivity index is 1.83. The molecule has 3 rings (SSSR count). The lowest BCUT2D eigenvalue weighted by molar-refractivity contribution is 0.0686.